The molecule has 0 radical (unpaired) electrons. The van der Waals surface area contributed by atoms with Crippen molar-refractivity contribution in [2.75, 3.05) is 39.3 Å². The molecule has 2 aliphatic heterocycles. The van der Waals surface area contributed by atoms with E-state index >= 15 is 0 Å². The number of nitrogens with one attached hydrogen (secondary N) is 2. The highest BCUT2D eigenvalue weighted by molar-refractivity contribution is 5.64. The number of piperidine rings is 1. The van der Waals surface area contributed by atoms with Crippen LogP contribution < -0.4 is 10.6 Å². The number of carboxylic acid groups (broad SMARTS) is 1. The second-order valence-electron chi connectivity index (χ2n) is 5.35. The van der Waals surface area contributed by atoms with E-state index in [1.54, 1.807) is 0 Å². The third-order valence-corrected chi connectivity index (χ3v) is 4.18. The van der Waals surface area contributed by atoms with Gasteiger partial charge in [-0.1, -0.05) is 0 Å². The molecule has 2 aliphatic rings. The number of rotatable bonds is 4. The molecule has 0 saturated carbocycles. The van der Waals surface area contributed by atoms with Gasteiger partial charge in [0.05, 0.1) is 0 Å². The Hall–Kier alpha value is -0.810. The van der Waals surface area contributed by atoms with E-state index in [0.717, 1.165) is 13.0 Å². The SMILES string of the molecule is O=C(O)NCCCN1CCC2(CCNC2)CC1. The lowest BCUT2D eigenvalue weighted by atomic mass is 9.78. The van der Waals surface area contributed by atoms with Gasteiger partial charge in [-0.15, -0.1) is 0 Å². The summed E-state index contributed by atoms with van der Waals surface area (Å²) in [6.07, 6.45) is 3.93. The molecule has 1 amide bonds. The topological polar surface area (TPSA) is 64.6 Å². The van der Waals surface area contributed by atoms with E-state index in [-0.39, 0.29) is 0 Å². The van der Waals surface area contributed by atoms with Crippen molar-refractivity contribution in [1.29, 1.82) is 0 Å². The number of carbonyl (C=O) groups is 1. The predicted molar refractivity (Wildman–Crippen MR) is 66.2 cm³/mol. The Morgan fingerprint density at radius 3 is 2.71 bits per heavy atom. The van der Waals surface area contributed by atoms with Crippen LogP contribution >= 0.6 is 0 Å². The van der Waals surface area contributed by atoms with Crippen molar-refractivity contribution in [1.82, 2.24) is 15.5 Å². The maximum Gasteiger partial charge on any atom is 0.404 e. The van der Waals surface area contributed by atoms with Crippen LogP contribution in [0.5, 0.6) is 0 Å². The molecule has 0 aromatic heterocycles. The molecular formula is C12H23N3O2. The van der Waals surface area contributed by atoms with Crippen LogP contribution in [-0.2, 0) is 0 Å². The van der Waals surface area contributed by atoms with Crippen LogP contribution in [0.4, 0.5) is 4.79 Å². The fourth-order valence-corrected chi connectivity index (χ4v) is 2.97. The molecule has 2 fully saturated rings. The van der Waals surface area contributed by atoms with Crippen LogP contribution in [0.15, 0.2) is 0 Å². The highest BCUT2D eigenvalue weighted by atomic mass is 16.4. The average molecular weight is 241 g/mol. The summed E-state index contributed by atoms with van der Waals surface area (Å²) < 4.78 is 0. The first kappa shape index (κ1) is 12.6. The van der Waals surface area contributed by atoms with Gasteiger partial charge < -0.3 is 20.6 Å². The summed E-state index contributed by atoms with van der Waals surface area (Å²) in [5.41, 5.74) is 0.579. The molecule has 1 spiro atoms. The smallest absolute Gasteiger partial charge is 0.404 e. The number of amides is 1. The number of likely N-dealkylation sites (tertiary alicyclic amines) is 1. The van der Waals surface area contributed by atoms with Crippen LogP contribution in [0, 0.1) is 5.41 Å². The maximum atomic E-state index is 10.3. The Morgan fingerprint density at radius 2 is 2.12 bits per heavy atom. The summed E-state index contributed by atoms with van der Waals surface area (Å²) in [4.78, 5) is 12.8. The van der Waals surface area contributed by atoms with Gasteiger partial charge in [0, 0.05) is 13.1 Å². The van der Waals surface area contributed by atoms with Crippen molar-refractivity contribution in [3.63, 3.8) is 0 Å². The Labute approximate surface area is 103 Å². The molecule has 2 saturated heterocycles. The van der Waals surface area contributed by atoms with Gasteiger partial charge >= 0.3 is 6.09 Å². The zero-order valence-corrected chi connectivity index (χ0v) is 10.4. The molecule has 98 valence electrons. The van der Waals surface area contributed by atoms with Gasteiger partial charge in [-0.3, -0.25) is 0 Å². The Kier molecular flexibility index (Phi) is 4.23. The molecule has 2 heterocycles. The van der Waals surface area contributed by atoms with Crippen LogP contribution in [0.2, 0.25) is 0 Å². The van der Waals surface area contributed by atoms with E-state index in [0.29, 0.717) is 12.0 Å². The highest BCUT2D eigenvalue weighted by Gasteiger charge is 2.36. The van der Waals surface area contributed by atoms with Crippen LogP contribution in [0.3, 0.4) is 0 Å². The van der Waals surface area contributed by atoms with E-state index < -0.39 is 6.09 Å². The van der Waals surface area contributed by atoms with E-state index in [1.807, 2.05) is 0 Å². The molecule has 0 unspecified atom stereocenters. The van der Waals surface area contributed by atoms with Crippen molar-refractivity contribution in [2.24, 2.45) is 5.41 Å². The lowest BCUT2D eigenvalue weighted by Gasteiger charge is -2.38. The van der Waals surface area contributed by atoms with Crippen LogP contribution in [-0.4, -0.2) is 55.4 Å². The van der Waals surface area contributed by atoms with Crippen molar-refractivity contribution in [3.8, 4) is 0 Å². The zero-order chi connectivity index (χ0) is 12.1. The summed E-state index contributed by atoms with van der Waals surface area (Å²) in [7, 11) is 0. The van der Waals surface area contributed by atoms with Crippen molar-refractivity contribution < 1.29 is 9.90 Å². The second-order valence-corrected chi connectivity index (χ2v) is 5.35. The molecular weight excluding hydrogens is 218 g/mol. The Balaban J connectivity index is 1.60. The number of hydrogen-bond acceptors (Lipinski definition) is 3. The van der Waals surface area contributed by atoms with E-state index in [2.05, 4.69) is 15.5 Å². The lowest BCUT2D eigenvalue weighted by Crippen LogP contribution is -2.42. The van der Waals surface area contributed by atoms with Crippen molar-refractivity contribution in [3.05, 3.63) is 0 Å². The second kappa shape index (κ2) is 5.69. The molecule has 0 atom stereocenters. The van der Waals surface area contributed by atoms with Gasteiger partial charge in [0.1, 0.15) is 0 Å². The molecule has 3 N–H and O–H groups in total. The normalized spacial score (nSPS) is 24.0. The summed E-state index contributed by atoms with van der Waals surface area (Å²) in [6, 6.07) is 0. The molecule has 17 heavy (non-hydrogen) atoms. The Bertz CT molecular complexity index is 254. The molecule has 5 heteroatoms. The largest absolute Gasteiger partial charge is 0.465 e. The average Bonchev–Trinajstić information content (AvgIpc) is 2.75. The summed E-state index contributed by atoms with van der Waals surface area (Å²) >= 11 is 0. The molecule has 0 aromatic carbocycles. The molecule has 2 rings (SSSR count). The molecule has 0 aliphatic carbocycles. The first-order valence-electron chi connectivity index (χ1n) is 6.60. The minimum atomic E-state index is -0.917. The van der Waals surface area contributed by atoms with Gasteiger partial charge in [-0.05, 0) is 57.3 Å². The van der Waals surface area contributed by atoms with Gasteiger partial charge in [0.25, 0.3) is 0 Å². The van der Waals surface area contributed by atoms with Gasteiger partial charge in [-0.2, -0.15) is 0 Å². The third kappa shape index (κ3) is 3.57. The quantitative estimate of drug-likeness (QED) is 0.635. The van der Waals surface area contributed by atoms with E-state index in [4.69, 9.17) is 5.11 Å². The monoisotopic (exact) mass is 241 g/mol. The van der Waals surface area contributed by atoms with Gasteiger partial charge in [0.15, 0.2) is 0 Å². The highest BCUT2D eigenvalue weighted by Crippen LogP contribution is 2.36. The predicted octanol–water partition coefficient (Wildman–Crippen LogP) is 0.720. The molecule has 5 nitrogen and oxygen atoms in total. The molecule has 0 bridgehead atoms. The fourth-order valence-electron chi connectivity index (χ4n) is 2.97. The van der Waals surface area contributed by atoms with E-state index in [1.165, 1.54) is 45.4 Å². The van der Waals surface area contributed by atoms with Gasteiger partial charge in [-0.25, -0.2) is 4.79 Å². The maximum absolute atomic E-state index is 10.3. The van der Waals surface area contributed by atoms with Crippen LogP contribution in [0.25, 0.3) is 0 Å². The van der Waals surface area contributed by atoms with Crippen molar-refractivity contribution in [2.45, 2.75) is 25.7 Å². The fraction of sp³-hybridized carbons (Fsp3) is 0.917. The minimum Gasteiger partial charge on any atom is -0.465 e. The van der Waals surface area contributed by atoms with Crippen LogP contribution in [0.1, 0.15) is 25.7 Å². The first-order chi connectivity index (χ1) is 8.20. The molecule has 0 aromatic rings. The van der Waals surface area contributed by atoms with Crippen molar-refractivity contribution >= 4 is 6.09 Å². The summed E-state index contributed by atoms with van der Waals surface area (Å²) in [6.45, 7) is 6.32. The van der Waals surface area contributed by atoms with Gasteiger partial charge in [0.2, 0.25) is 0 Å². The number of hydrogen-bond donors (Lipinski definition) is 3. The minimum absolute atomic E-state index is 0.568. The zero-order valence-electron chi connectivity index (χ0n) is 10.4. The standard InChI is InChI=1S/C12H23N3O2/c16-11(17)14-5-1-7-15-8-3-12(4-9-15)2-6-13-10-12/h13-14H,1-10H2,(H,16,17). The number of nitrogens with zero attached hydrogens (tertiary/aromatic N) is 1. The summed E-state index contributed by atoms with van der Waals surface area (Å²) in [5, 5.41) is 14.3. The third-order valence-electron chi connectivity index (χ3n) is 4.18. The first-order valence-corrected chi connectivity index (χ1v) is 6.60. The summed E-state index contributed by atoms with van der Waals surface area (Å²) in [5.74, 6) is 0. The Morgan fingerprint density at radius 1 is 1.35 bits per heavy atom. The van der Waals surface area contributed by atoms with E-state index in [9.17, 15) is 4.79 Å². The lowest BCUT2D eigenvalue weighted by molar-refractivity contribution is 0.118.